The SMILES string of the molecule is CCOC(=O)C(C=CC(C)C)C(=O)O. The van der Waals surface area contributed by atoms with Crippen LogP contribution in [0.5, 0.6) is 0 Å². The highest BCUT2D eigenvalue weighted by Crippen LogP contribution is 2.05. The maximum atomic E-state index is 11.1. The van der Waals surface area contributed by atoms with Crippen LogP contribution < -0.4 is 0 Å². The van der Waals surface area contributed by atoms with E-state index in [1.165, 1.54) is 6.08 Å². The Kier molecular flexibility index (Phi) is 5.60. The van der Waals surface area contributed by atoms with E-state index < -0.39 is 17.9 Å². The molecule has 0 bridgehead atoms. The Morgan fingerprint density at radius 3 is 2.29 bits per heavy atom. The van der Waals surface area contributed by atoms with Crippen molar-refractivity contribution in [3.63, 3.8) is 0 Å². The average Bonchev–Trinajstić information content (AvgIpc) is 2.03. The zero-order valence-electron chi connectivity index (χ0n) is 8.69. The molecule has 0 saturated heterocycles. The van der Waals surface area contributed by atoms with Crippen LogP contribution in [0.3, 0.4) is 0 Å². The maximum absolute atomic E-state index is 11.1. The van der Waals surface area contributed by atoms with Crippen LogP contribution in [0, 0.1) is 11.8 Å². The normalized spacial score (nSPS) is 13.1. The van der Waals surface area contributed by atoms with E-state index in [-0.39, 0.29) is 12.5 Å². The summed E-state index contributed by atoms with van der Waals surface area (Å²) in [4.78, 5) is 21.8. The Balaban J connectivity index is 4.44. The fourth-order valence-electron chi connectivity index (χ4n) is 0.827. The fraction of sp³-hybridized carbons (Fsp3) is 0.600. The van der Waals surface area contributed by atoms with Crippen LogP contribution >= 0.6 is 0 Å². The number of rotatable bonds is 5. The smallest absolute Gasteiger partial charge is 0.324 e. The topological polar surface area (TPSA) is 63.6 Å². The zero-order valence-corrected chi connectivity index (χ0v) is 8.69. The number of carboxylic acids is 1. The molecule has 0 radical (unpaired) electrons. The number of hydrogen-bond acceptors (Lipinski definition) is 3. The van der Waals surface area contributed by atoms with Gasteiger partial charge in [0.05, 0.1) is 6.61 Å². The molecule has 0 aromatic heterocycles. The molecule has 0 aromatic rings. The number of esters is 1. The number of allylic oxidation sites excluding steroid dienone is 1. The lowest BCUT2D eigenvalue weighted by Crippen LogP contribution is -2.24. The Hall–Kier alpha value is -1.32. The summed E-state index contributed by atoms with van der Waals surface area (Å²) in [6.45, 7) is 5.64. The molecule has 0 amide bonds. The van der Waals surface area contributed by atoms with Gasteiger partial charge in [0.15, 0.2) is 5.92 Å². The van der Waals surface area contributed by atoms with Gasteiger partial charge in [-0.1, -0.05) is 26.0 Å². The second kappa shape index (κ2) is 6.18. The summed E-state index contributed by atoms with van der Waals surface area (Å²) >= 11 is 0. The van der Waals surface area contributed by atoms with Gasteiger partial charge in [-0.05, 0) is 12.8 Å². The van der Waals surface area contributed by atoms with Gasteiger partial charge in [0.1, 0.15) is 0 Å². The van der Waals surface area contributed by atoms with Gasteiger partial charge in [0.25, 0.3) is 0 Å². The van der Waals surface area contributed by atoms with E-state index >= 15 is 0 Å². The van der Waals surface area contributed by atoms with E-state index in [2.05, 4.69) is 4.74 Å². The first-order valence-corrected chi connectivity index (χ1v) is 4.56. The van der Waals surface area contributed by atoms with Crippen LogP contribution in [0.1, 0.15) is 20.8 Å². The monoisotopic (exact) mass is 200 g/mol. The van der Waals surface area contributed by atoms with Gasteiger partial charge in [0, 0.05) is 0 Å². The molecule has 0 aliphatic rings. The van der Waals surface area contributed by atoms with Gasteiger partial charge in [-0.3, -0.25) is 9.59 Å². The molecule has 4 heteroatoms. The highest BCUT2D eigenvalue weighted by Gasteiger charge is 2.24. The van der Waals surface area contributed by atoms with Gasteiger partial charge in [0.2, 0.25) is 0 Å². The van der Waals surface area contributed by atoms with Crippen molar-refractivity contribution in [1.82, 2.24) is 0 Å². The Morgan fingerprint density at radius 2 is 1.93 bits per heavy atom. The van der Waals surface area contributed by atoms with Crippen LogP contribution in [-0.4, -0.2) is 23.7 Å². The first kappa shape index (κ1) is 12.7. The van der Waals surface area contributed by atoms with Crippen molar-refractivity contribution in [1.29, 1.82) is 0 Å². The quantitative estimate of drug-likeness (QED) is 0.414. The molecule has 0 spiro atoms. The Bertz CT molecular complexity index is 230. The number of carbonyl (C=O) groups excluding carboxylic acids is 1. The molecule has 1 unspecified atom stereocenters. The number of carbonyl (C=O) groups is 2. The molecule has 1 atom stereocenters. The summed E-state index contributed by atoms with van der Waals surface area (Å²) in [7, 11) is 0. The standard InChI is InChI=1S/C10H16O4/c1-4-14-10(13)8(9(11)12)6-5-7(2)3/h5-8H,4H2,1-3H3,(H,11,12). The molecule has 0 aliphatic heterocycles. The molecule has 0 aromatic carbocycles. The number of carboxylic acid groups (broad SMARTS) is 1. The second-order valence-corrected chi connectivity index (χ2v) is 3.20. The zero-order chi connectivity index (χ0) is 11.1. The summed E-state index contributed by atoms with van der Waals surface area (Å²) in [5.74, 6) is -2.86. The maximum Gasteiger partial charge on any atom is 0.324 e. The van der Waals surface area contributed by atoms with Crippen LogP contribution in [0.25, 0.3) is 0 Å². The molecule has 1 N–H and O–H groups in total. The van der Waals surface area contributed by atoms with Gasteiger partial charge in [-0.15, -0.1) is 0 Å². The summed E-state index contributed by atoms with van der Waals surface area (Å²) in [6, 6.07) is 0. The van der Waals surface area contributed by atoms with Crippen LogP contribution in [-0.2, 0) is 14.3 Å². The van der Waals surface area contributed by atoms with Gasteiger partial charge in [-0.2, -0.15) is 0 Å². The minimum Gasteiger partial charge on any atom is -0.480 e. The molecular formula is C10H16O4. The predicted molar refractivity (Wildman–Crippen MR) is 51.7 cm³/mol. The van der Waals surface area contributed by atoms with Crippen molar-refractivity contribution < 1.29 is 19.4 Å². The van der Waals surface area contributed by atoms with Crippen LogP contribution in [0.4, 0.5) is 0 Å². The summed E-state index contributed by atoms with van der Waals surface area (Å²) in [5.41, 5.74) is 0. The molecule has 0 heterocycles. The third-order valence-corrected chi connectivity index (χ3v) is 1.50. The third kappa shape index (κ3) is 4.64. The summed E-state index contributed by atoms with van der Waals surface area (Å²) in [5, 5.41) is 8.73. The van der Waals surface area contributed by atoms with Crippen molar-refractivity contribution in [2.24, 2.45) is 11.8 Å². The molecule has 14 heavy (non-hydrogen) atoms. The van der Waals surface area contributed by atoms with E-state index in [1.54, 1.807) is 13.0 Å². The van der Waals surface area contributed by atoms with E-state index in [0.717, 1.165) is 0 Å². The van der Waals surface area contributed by atoms with Gasteiger partial charge < -0.3 is 9.84 Å². The van der Waals surface area contributed by atoms with Crippen molar-refractivity contribution in [3.05, 3.63) is 12.2 Å². The minimum atomic E-state index is -1.18. The summed E-state index contributed by atoms with van der Waals surface area (Å²) in [6.07, 6.45) is 3.04. The minimum absolute atomic E-state index is 0.193. The van der Waals surface area contributed by atoms with Gasteiger partial charge >= 0.3 is 11.9 Å². The lowest BCUT2D eigenvalue weighted by atomic mass is 10.1. The van der Waals surface area contributed by atoms with Crippen molar-refractivity contribution in [2.45, 2.75) is 20.8 Å². The molecule has 0 aliphatic carbocycles. The lowest BCUT2D eigenvalue weighted by molar-refractivity contribution is -0.155. The molecule has 0 fully saturated rings. The number of ether oxygens (including phenoxy) is 1. The first-order chi connectivity index (χ1) is 6.49. The summed E-state index contributed by atoms with van der Waals surface area (Å²) < 4.78 is 4.63. The van der Waals surface area contributed by atoms with E-state index in [4.69, 9.17) is 5.11 Å². The largest absolute Gasteiger partial charge is 0.480 e. The predicted octanol–water partition coefficient (Wildman–Crippen LogP) is 1.46. The molecule has 0 saturated carbocycles. The van der Waals surface area contributed by atoms with Crippen molar-refractivity contribution in [3.8, 4) is 0 Å². The number of hydrogen-bond donors (Lipinski definition) is 1. The average molecular weight is 200 g/mol. The fourth-order valence-corrected chi connectivity index (χ4v) is 0.827. The molecular weight excluding hydrogens is 184 g/mol. The lowest BCUT2D eigenvalue weighted by Gasteiger charge is -2.06. The van der Waals surface area contributed by atoms with Gasteiger partial charge in [-0.25, -0.2) is 0 Å². The van der Waals surface area contributed by atoms with E-state index in [0.29, 0.717) is 0 Å². The molecule has 0 rings (SSSR count). The highest BCUT2D eigenvalue weighted by molar-refractivity contribution is 5.95. The first-order valence-electron chi connectivity index (χ1n) is 4.56. The number of aliphatic carboxylic acids is 1. The van der Waals surface area contributed by atoms with Crippen molar-refractivity contribution in [2.75, 3.05) is 6.61 Å². The molecule has 80 valence electrons. The van der Waals surface area contributed by atoms with Crippen LogP contribution in [0.15, 0.2) is 12.2 Å². The highest BCUT2D eigenvalue weighted by atomic mass is 16.5. The van der Waals surface area contributed by atoms with Crippen LogP contribution in [0.2, 0.25) is 0 Å². The van der Waals surface area contributed by atoms with Crippen molar-refractivity contribution >= 4 is 11.9 Å². The second-order valence-electron chi connectivity index (χ2n) is 3.20. The Labute approximate surface area is 83.6 Å². The third-order valence-electron chi connectivity index (χ3n) is 1.50. The molecule has 4 nitrogen and oxygen atoms in total. The van der Waals surface area contributed by atoms with E-state index in [1.807, 2.05) is 13.8 Å². The van der Waals surface area contributed by atoms with E-state index in [9.17, 15) is 9.59 Å². The Morgan fingerprint density at radius 1 is 1.36 bits per heavy atom.